The third kappa shape index (κ3) is 16.4. The van der Waals surface area contributed by atoms with Crippen LogP contribution in [-0.2, 0) is 33.8 Å². The van der Waals surface area contributed by atoms with Crippen molar-refractivity contribution in [3.8, 4) is 0 Å². The number of alkyl halides is 9. The lowest BCUT2D eigenvalue weighted by molar-refractivity contribution is -0.193. The van der Waals surface area contributed by atoms with Crippen molar-refractivity contribution in [3.63, 3.8) is 0 Å². The van der Waals surface area contributed by atoms with Gasteiger partial charge in [-0.1, -0.05) is 22.8 Å². The van der Waals surface area contributed by atoms with Crippen LogP contribution in [-0.4, -0.2) is 114 Å². The Hall–Kier alpha value is -6.24. The molecule has 0 aliphatic carbocycles. The van der Waals surface area contributed by atoms with E-state index in [2.05, 4.69) is 67.0 Å². The summed E-state index contributed by atoms with van der Waals surface area (Å²) in [5.41, 5.74) is 5.47. The van der Waals surface area contributed by atoms with Gasteiger partial charge in [-0.05, 0) is 73.5 Å². The number of rotatable bonds is 5. The number of aliphatic carboxylic acids is 3. The van der Waals surface area contributed by atoms with Gasteiger partial charge in [-0.2, -0.15) is 44.5 Å². The van der Waals surface area contributed by atoms with E-state index in [1.54, 1.807) is 18.5 Å². The molecule has 5 heterocycles. The van der Waals surface area contributed by atoms with Gasteiger partial charge < -0.3 is 40.3 Å². The summed E-state index contributed by atoms with van der Waals surface area (Å²) >= 11 is 6.41. The number of hydrogen-bond donors (Lipinski definition) is 5. The Morgan fingerprint density at radius 3 is 1.97 bits per heavy atom. The number of nitrogens with one attached hydrogen (secondary N) is 2. The third-order valence-corrected chi connectivity index (χ3v) is 8.51. The molecule has 3 aromatic heterocycles. The topological polar surface area (TPSA) is 224 Å². The Morgan fingerprint density at radius 2 is 1.43 bits per heavy atom. The van der Waals surface area contributed by atoms with Crippen LogP contribution in [0.25, 0.3) is 0 Å². The number of aryl methyl sites for hydroxylation is 2. The Morgan fingerprint density at radius 1 is 0.836 bits per heavy atom. The van der Waals surface area contributed by atoms with E-state index in [0.717, 1.165) is 68.8 Å². The summed E-state index contributed by atoms with van der Waals surface area (Å²) in [6, 6.07) is 10.2. The number of likely N-dealkylation sites (tertiary alicyclic amines) is 1. The first-order valence-corrected chi connectivity index (χ1v) is 17.6. The lowest BCUT2D eigenvalue weighted by atomic mass is 9.95. The molecule has 0 radical (unpaired) electrons. The Bertz CT molecular complexity index is 2060. The molecular weight excluding hydrogens is 867 g/mol. The summed E-state index contributed by atoms with van der Waals surface area (Å²) in [4.78, 5) is 56.8. The van der Waals surface area contributed by atoms with Gasteiger partial charge in [-0.15, -0.1) is 0 Å². The number of nitrogens with zero attached hydrogens (tertiary/aromatic N) is 6. The average Bonchev–Trinajstić information content (AvgIpc) is 3.71. The smallest absolute Gasteiger partial charge is 0.475 e. The predicted molar refractivity (Wildman–Crippen MR) is 194 cm³/mol. The molecule has 2 aliphatic heterocycles. The zero-order chi connectivity index (χ0) is 45.7. The molecule has 332 valence electrons. The third-order valence-electron chi connectivity index (χ3n) is 8.24. The summed E-state index contributed by atoms with van der Waals surface area (Å²) in [6.45, 7) is 3.28. The molecule has 0 unspecified atom stereocenters. The number of halogens is 10. The molecule has 26 heteroatoms. The highest BCUT2D eigenvalue weighted by molar-refractivity contribution is 6.32. The second kappa shape index (κ2) is 21.3. The average molecular weight is 901 g/mol. The number of fused-ring (bicyclic) bond motifs is 6. The summed E-state index contributed by atoms with van der Waals surface area (Å²) in [6.07, 6.45) is -4.79. The van der Waals surface area contributed by atoms with E-state index in [4.69, 9.17) is 45.8 Å². The lowest BCUT2D eigenvalue weighted by Gasteiger charge is -2.33. The quantitative estimate of drug-likeness (QED) is 0.127. The van der Waals surface area contributed by atoms with Crippen molar-refractivity contribution in [2.45, 2.75) is 50.8 Å². The summed E-state index contributed by atoms with van der Waals surface area (Å²) in [7, 11) is 2.17. The normalized spacial score (nSPS) is 14.0. The van der Waals surface area contributed by atoms with E-state index in [9.17, 15) is 44.3 Å². The Kier molecular flexibility index (Phi) is 17.2. The van der Waals surface area contributed by atoms with Gasteiger partial charge in [0.2, 0.25) is 11.7 Å². The molecular formula is C35H34ClF9N8O8. The number of anilines is 4. The monoisotopic (exact) mass is 900 g/mol. The van der Waals surface area contributed by atoms with E-state index < -0.39 is 36.4 Å². The number of carboxylic acids is 3. The van der Waals surface area contributed by atoms with Gasteiger partial charge >= 0.3 is 36.4 Å². The minimum Gasteiger partial charge on any atom is -0.475 e. The fourth-order valence-corrected chi connectivity index (χ4v) is 5.58. The first kappa shape index (κ1) is 49.1. The second-order valence-electron chi connectivity index (χ2n) is 12.9. The maximum absolute atomic E-state index is 12.6. The molecule has 0 saturated carbocycles. The van der Waals surface area contributed by atoms with Crippen LogP contribution < -0.4 is 10.6 Å². The first-order chi connectivity index (χ1) is 28.3. The summed E-state index contributed by atoms with van der Waals surface area (Å²) in [5.74, 6) is -6.50. The molecule has 4 aromatic rings. The number of amides is 1. The van der Waals surface area contributed by atoms with Crippen LogP contribution in [0.15, 0.2) is 59.6 Å². The van der Waals surface area contributed by atoms with E-state index in [-0.39, 0.29) is 5.91 Å². The first-order valence-electron chi connectivity index (χ1n) is 17.2. The van der Waals surface area contributed by atoms with Gasteiger partial charge in [0.25, 0.3) is 5.91 Å². The van der Waals surface area contributed by atoms with Gasteiger partial charge in [0.15, 0.2) is 5.82 Å². The second-order valence-corrected chi connectivity index (χ2v) is 13.3. The molecule has 6 bridgehead atoms. The van der Waals surface area contributed by atoms with Crippen molar-refractivity contribution < 1.29 is 78.5 Å². The molecule has 1 amide bonds. The van der Waals surface area contributed by atoms with Crippen LogP contribution in [0, 0.1) is 5.92 Å². The molecule has 1 fully saturated rings. The molecule has 61 heavy (non-hydrogen) atoms. The van der Waals surface area contributed by atoms with Crippen molar-refractivity contribution in [2.24, 2.45) is 5.92 Å². The highest BCUT2D eigenvalue weighted by Crippen LogP contribution is 2.29. The fraction of sp³-hybridized carbons (Fsp3) is 0.371. The minimum absolute atomic E-state index is 0.0750. The van der Waals surface area contributed by atoms with Gasteiger partial charge in [-0.25, -0.2) is 19.4 Å². The van der Waals surface area contributed by atoms with Crippen LogP contribution in [0.3, 0.4) is 0 Å². The zero-order valence-corrected chi connectivity index (χ0v) is 32.0. The highest BCUT2D eigenvalue weighted by atomic mass is 35.5. The molecule has 1 aromatic carbocycles. The molecule has 1 saturated heterocycles. The van der Waals surface area contributed by atoms with Crippen LogP contribution in [0.2, 0.25) is 5.02 Å². The minimum atomic E-state index is -5.08. The zero-order valence-electron chi connectivity index (χ0n) is 31.3. The van der Waals surface area contributed by atoms with Gasteiger partial charge in [0.1, 0.15) is 5.02 Å². The van der Waals surface area contributed by atoms with E-state index in [1.165, 1.54) is 17.3 Å². The number of pyridine rings is 1. The maximum Gasteiger partial charge on any atom is 0.490 e. The lowest BCUT2D eigenvalue weighted by Crippen LogP contribution is -2.40. The molecule has 5 N–H and O–H groups in total. The number of hydrogen-bond acceptors (Lipinski definition) is 12. The predicted octanol–water partition coefficient (Wildman–Crippen LogP) is 6.98. The number of carboxylic acid groups (broad SMARTS) is 3. The van der Waals surface area contributed by atoms with Crippen molar-refractivity contribution in [3.05, 3.63) is 82.6 Å². The molecule has 0 atom stereocenters. The van der Waals surface area contributed by atoms with Gasteiger partial charge in [-0.3, -0.25) is 9.78 Å². The SMILES string of the molecule is CN(Cc1ccc2cc1CCc1cncc(c1)Nc1ncc(Cl)c(n1)N2)CC1CCN(C(=O)c2ccno2)CC1.O=C(O)C(F)(F)F.O=C(O)C(F)(F)F.O=C(O)C(F)(F)F. The van der Waals surface area contributed by atoms with E-state index >= 15 is 0 Å². The van der Waals surface area contributed by atoms with Crippen LogP contribution in [0.4, 0.5) is 62.7 Å². The summed E-state index contributed by atoms with van der Waals surface area (Å²) < 4.78 is 100. The van der Waals surface area contributed by atoms with Crippen molar-refractivity contribution in [1.82, 2.24) is 29.9 Å². The van der Waals surface area contributed by atoms with Gasteiger partial charge in [0, 0.05) is 44.1 Å². The standard InChI is InChI=1S/C29H31ClN8O2.3C2HF3O2/c1-37(17-19-7-10-38(11-8-19)28(39)26-6-9-33-40-26)18-22-4-5-23-13-21(22)3-2-20-12-24(15-31-14-20)35-29-32-16-25(30)27(34-23)36-29;3*3-2(4,5)1(6)7/h4-6,9,12-16,19H,2-3,7-8,10-11,17-18H2,1H3,(H2,32,34,35,36);3*(H,6,7). The van der Waals surface area contributed by atoms with Crippen molar-refractivity contribution in [1.29, 1.82) is 0 Å². The number of carbonyl (C=O) groups excluding carboxylic acids is 1. The molecule has 16 nitrogen and oxygen atoms in total. The van der Waals surface area contributed by atoms with E-state index in [1.807, 2.05) is 11.1 Å². The maximum atomic E-state index is 12.6. The Balaban J connectivity index is 0.000000390. The van der Waals surface area contributed by atoms with Crippen LogP contribution in [0.1, 0.15) is 40.1 Å². The molecule has 2 aliphatic rings. The fourth-order valence-electron chi connectivity index (χ4n) is 5.44. The van der Waals surface area contributed by atoms with Crippen LogP contribution >= 0.6 is 11.6 Å². The molecule has 6 rings (SSSR count). The number of carbonyl (C=O) groups is 4. The Labute approximate surface area is 343 Å². The van der Waals surface area contributed by atoms with E-state index in [0.29, 0.717) is 28.5 Å². The highest BCUT2D eigenvalue weighted by Gasteiger charge is 2.39. The molecule has 0 spiro atoms. The van der Waals surface area contributed by atoms with Gasteiger partial charge in [0.05, 0.1) is 24.3 Å². The largest absolute Gasteiger partial charge is 0.490 e. The van der Waals surface area contributed by atoms with Crippen LogP contribution in [0.5, 0.6) is 0 Å². The number of aromatic nitrogens is 4. The van der Waals surface area contributed by atoms with Crippen molar-refractivity contribution in [2.75, 3.05) is 37.3 Å². The van der Waals surface area contributed by atoms with Crippen molar-refractivity contribution >= 4 is 58.6 Å². The number of piperidine rings is 1. The number of benzene rings is 1. The summed E-state index contributed by atoms with van der Waals surface area (Å²) in [5, 5.41) is 32.1.